The Hall–Kier alpha value is -3.68. The summed E-state index contributed by atoms with van der Waals surface area (Å²) in [4.78, 5) is 39.2. The zero-order chi connectivity index (χ0) is 34.8. The van der Waals surface area contributed by atoms with E-state index in [-0.39, 0.29) is 11.8 Å². The first-order chi connectivity index (χ1) is 24.3. The van der Waals surface area contributed by atoms with Crippen LogP contribution < -0.4 is 30.9 Å². The molecule has 2 aromatic heterocycles. The van der Waals surface area contributed by atoms with Crippen molar-refractivity contribution in [1.82, 2.24) is 29.7 Å². The molecule has 2 aromatic carbocycles. The SMILES string of the molecule is COc1cc(N2CCC(N3CCN(C)CC3)CC2)c(NC(=O)C2COC2)cc1Nc1ncc(Br)c(Nc2ccc3nccnc3c2P(C)C)n1. The number of hydrogen-bond donors (Lipinski definition) is 3. The Bertz CT molecular complexity index is 1850. The third-order valence-corrected chi connectivity index (χ3v) is 11.7. The largest absolute Gasteiger partial charge is 0.494 e. The predicted molar refractivity (Wildman–Crippen MR) is 204 cm³/mol. The highest BCUT2D eigenvalue weighted by molar-refractivity contribution is 9.10. The van der Waals surface area contributed by atoms with Gasteiger partial charge < -0.3 is 35.2 Å². The molecule has 3 saturated heterocycles. The van der Waals surface area contributed by atoms with Gasteiger partial charge in [0.1, 0.15) is 11.6 Å². The van der Waals surface area contributed by atoms with Gasteiger partial charge in [-0.2, -0.15) is 4.98 Å². The van der Waals surface area contributed by atoms with E-state index >= 15 is 0 Å². The molecule has 0 unspecified atom stereocenters. The van der Waals surface area contributed by atoms with Crippen molar-refractivity contribution in [3.8, 4) is 5.75 Å². The lowest BCUT2D eigenvalue weighted by atomic mass is 10.0. The van der Waals surface area contributed by atoms with Crippen LogP contribution in [0.3, 0.4) is 0 Å². The van der Waals surface area contributed by atoms with Gasteiger partial charge in [0.15, 0.2) is 0 Å². The minimum atomic E-state index is -0.512. The number of halogens is 1. The first-order valence-corrected chi connectivity index (χ1v) is 20.1. The van der Waals surface area contributed by atoms with Crippen molar-refractivity contribution in [2.75, 3.05) is 101 Å². The van der Waals surface area contributed by atoms with Gasteiger partial charge in [0.2, 0.25) is 11.9 Å². The lowest BCUT2D eigenvalue weighted by Gasteiger charge is -2.43. The minimum Gasteiger partial charge on any atom is -0.494 e. The molecule has 5 heterocycles. The van der Waals surface area contributed by atoms with Crippen molar-refractivity contribution >= 4 is 80.6 Å². The molecule has 1 amide bonds. The number of ether oxygens (including phenoxy) is 2. The molecular weight excluding hydrogens is 719 g/mol. The van der Waals surface area contributed by atoms with Crippen molar-refractivity contribution < 1.29 is 14.3 Å². The smallest absolute Gasteiger partial charge is 0.232 e. The molecular formula is C35H44BrN10O3P. The number of hydrogen-bond acceptors (Lipinski definition) is 12. The number of nitrogens with zero attached hydrogens (tertiary/aromatic N) is 7. The first-order valence-electron chi connectivity index (χ1n) is 17.0. The third-order valence-electron chi connectivity index (χ3n) is 9.75. The number of anilines is 6. The number of aromatic nitrogens is 4. The Kier molecular flexibility index (Phi) is 10.6. The molecule has 7 rings (SSSR count). The number of piperidine rings is 1. The van der Waals surface area contributed by atoms with Gasteiger partial charge in [-0.15, -0.1) is 0 Å². The van der Waals surface area contributed by atoms with E-state index in [0.717, 1.165) is 85.5 Å². The van der Waals surface area contributed by atoms with Crippen LogP contribution in [0, 0.1) is 5.92 Å². The quantitative estimate of drug-likeness (QED) is 0.191. The van der Waals surface area contributed by atoms with E-state index in [1.807, 2.05) is 24.3 Å². The fraction of sp³-hybridized carbons (Fsp3) is 0.457. The van der Waals surface area contributed by atoms with Crippen LogP contribution in [0.25, 0.3) is 11.0 Å². The summed E-state index contributed by atoms with van der Waals surface area (Å²) in [6, 6.07) is 8.50. The van der Waals surface area contributed by atoms with Crippen LogP contribution in [-0.4, -0.2) is 122 Å². The average molecular weight is 764 g/mol. The summed E-state index contributed by atoms with van der Waals surface area (Å²) in [5.74, 6) is 1.39. The van der Waals surface area contributed by atoms with Crippen LogP contribution in [0.1, 0.15) is 12.8 Å². The Morgan fingerprint density at radius 1 is 0.960 bits per heavy atom. The molecule has 0 bridgehead atoms. The van der Waals surface area contributed by atoms with Gasteiger partial charge in [-0.25, -0.2) is 4.98 Å². The van der Waals surface area contributed by atoms with Crippen molar-refractivity contribution in [2.45, 2.75) is 18.9 Å². The van der Waals surface area contributed by atoms with E-state index in [4.69, 9.17) is 14.5 Å². The lowest BCUT2D eigenvalue weighted by Crippen LogP contribution is -2.52. The maximum atomic E-state index is 13.2. The van der Waals surface area contributed by atoms with Crippen LogP contribution in [0.15, 0.2) is 47.3 Å². The van der Waals surface area contributed by atoms with Gasteiger partial charge in [-0.05, 0) is 67.3 Å². The van der Waals surface area contributed by atoms with Gasteiger partial charge in [-0.1, -0.05) is 7.92 Å². The highest BCUT2D eigenvalue weighted by atomic mass is 79.9. The van der Waals surface area contributed by atoms with Crippen LogP contribution >= 0.6 is 23.9 Å². The summed E-state index contributed by atoms with van der Waals surface area (Å²) >= 11 is 3.63. The first kappa shape index (κ1) is 34.8. The zero-order valence-corrected chi connectivity index (χ0v) is 31.4. The molecule has 15 heteroatoms. The van der Waals surface area contributed by atoms with E-state index in [0.29, 0.717) is 46.9 Å². The highest BCUT2D eigenvalue weighted by Gasteiger charge is 2.31. The van der Waals surface area contributed by atoms with Gasteiger partial charge in [0.05, 0.1) is 58.8 Å². The molecule has 13 nitrogen and oxygen atoms in total. The summed E-state index contributed by atoms with van der Waals surface area (Å²) in [6.45, 7) is 11.5. The molecule has 0 spiro atoms. The molecule has 3 fully saturated rings. The van der Waals surface area contributed by atoms with E-state index in [1.54, 1.807) is 25.7 Å². The van der Waals surface area contributed by atoms with Crippen molar-refractivity contribution in [3.63, 3.8) is 0 Å². The Balaban J connectivity index is 1.15. The molecule has 3 aliphatic heterocycles. The molecule has 3 N–H and O–H groups in total. The number of nitrogens with one attached hydrogen (secondary N) is 3. The third kappa shape index (κ3) is 7.50. The standard InChI is InChI=1S/C35H44BrN10O3P/c1-44-13-15-45(16-14-44)23-7-11-46(12-8-23)29-18-30(48-2)28(17-27(29)41-34(47)22-20-49-21-22)42-35-39-19-24(36)33(43-35)40-26-6-5-25-31(32(26)50(3)4)38-10-9-37-25/h5-6,9-10,17-19,22-23H,7-8,11-16,20-21H2,1-4H3,(H,41,47)(H2,39,40,42,43). The van der Waals surface area contributed by atoms with Crippen LogP contribution in [0.2, 0.25) is 0 Å². The van der Waals surface area contributed by atoms with E-state index in [2.05, 4.69) is 81.9 Å². The lowest BCUT2D eigenvalue weighted by molar-refractivity contribution is -0.133. The van der Waals surface area contributed by atoms with Crippen molar-refractivity contribution in [3.05, 3.63) is 47.3 Å². The van der Waals surface area contributed by atoms with E-state index < -0.39 is 7.92 Å². The number of likely N-dealkylation sites (N-methyl/N-ethyl adjacent to an activating group) is 1. The monoisotopic (exact) mass is 762 g/mol. The number of fused-ring (bicyclic) bond motifs is 1. The van der Waals surface area contributed by atoms with Gasteiger partial charge >= 0.3 is 0 Å². The molecule has 264 valence electrons. The number of methoxy groups -OCH3 is 1. The van der Waals surface area contributed by atoms with Crippen LogP contribution in [0.5, 0.6) is 5.75 Å². The number of piperazine rings is 1. The second-order valence-electron chi connectivity index (χ2n) is 13.3. The molecule has 50 heavy (non-hydrogen) atoms. The van der Waals surface area contributed by atoms with Gasteiger partial charge in [0, 0.05) is 81.0 Å². The van der Waals surface area contributed by atoms with Crippen molar-refractivity contribution in [1.29, 1.82) is 0 Å². The minimum absolute atomic E-state index is 0.0463. The number of carbonyl (C=O) groups is 1. The van der Waals surface area contributed by atoms with Crippen molar-refractivity contribution in [2.24, 2.45) is 5.92 Å². The zero-order valence-electron chi connectivity index (χ0n) is 28.9. The van der Waals surface area contributed by atoms with Crippen LogP contribution in [-0.2, 0) is 9.53 Å². The Labute approximate surface area is 302 Å². The average Bonchev–Trinajstić information content (AvgIpc) is 3.09. The molecule has 0 saturated carbocycles. The fourth-order valence-electron chi connectivity index (χ4n) is 6.82. The summed E-state index contributed by atoms with van der Waals surface area (Å²) < 4.78 is 11.9. The summed E-state index contributed by atoms with van der Waals surface area (Å²) in [5, 5.41) is 11.2. The van der Waals surface area contributed by atoms with Gasteiger partial charge in [-0.3, -0.25) is 19.7 Å². The normalized spacial score (nSPS) is 17.9. The Morgan fingerprint density at radius 3 is 2.42 bits per heavy atom. The van der Waals surface area contributed by atoms with Gasteiger partial charge in [0.25, 0.3) is 0 Å². The summed E-state index contributed by atoms with van der Waals surface area (Å²) in [5.41, 5.74) is 4.97. The molecule has 3 aliphatic rings. The fourth-order valence-corrected chi connectivity index (χ4v) is 8.32. The second-order valence-corrected chi connectivity index (χ2v) is 16.4. The highest BCUT2D eigenvalue weighted by Crippen LogP contribution is 2.40. The number of amides is 1. The summed E-state index contributed by atoms with van der Waals surface area (Å²) in [7, 11) is 3.34. The summed E-state index contributed by atoms with van der Waals surface area (Å²) in [6.07, 6.45) is 7.29. The van der Waals surface area contributed by atoms with Crippen LogP contribution in [0.4, 0.5) is 34.5 Å². The maximum absolute atomic E-state index is 13.2. The Morgan fingerprint density at radius 2 is 1.72 bits per heavy atom. The molecule has 4 aromatic rings. The topological polar surface area (TPSA) is 133 Å². The maximum Gasteiger partial charge on any atom is 0.232 e. The number of carbonyl (C=O) groups excluding carboxylic acids is 1. The number of rotatable bonds is 10. The predicted octanol–water partition coefficient (Wildman–Crippen LogP) is 4.85. The number of benzene rings is 2. The molecule has 0 radical (unpaired) electrons. The van der Waals surface area contributed by atoms with E-state index in [1.165, 1.54) is 0 Å². The second kappa shape index (κ2) is 15.3. The van der Waals surface area contributed by atoms with E-state index in [9.17, 15) is 4.79 Å². The molecule has 0 atom stereocenters. The molecule has 0 aliphatic carbocycles.